The minimum absolute atomic E-state index is 0.0101. The van der Waals surface area contributed by atoms with Gasteiger partial charge in [-0.2, -0.15) is 0 Å². The summed E-state index contributed by atoms with van der Waals surface area (Å²) in [5.74, 6) is -0.179. The van der Waals surface area contributed by atoms with Crippen LogP contribution in [0.15, 0.2) is 24.3 Å². The quantitative estimate of drug-likeness (QED) is 0.834. The maximum atomic E-state index is 12.0. The number of carboxylic acids is 1. The number of ether oxygens (including phenoxy) is 2. The third kappa shape index (κ3) is 6.92. The molecule has 0 aromatic heterocycles. The first-order valence-electron chi connectivity index (χ1n) is 8.87. The maximum Gasteiger partial charge on any atom is 0.410 e. The molecule has 1 amide bonds. The standard InChI is InChI=1S/C19H28N2O5/c1-19(2,3)26-18(24)21-9-7-20(8-10-21)11-12-25-16-6-4-5-15(13-16)14-17(22)23/h4-6,13H,7-12,14H2,1-3H3,(H,22,23). The van der Waals surface area contributed by atoms with Crippen molar-refractivity contribution in [2.75, 3.05) is 39.3 Å². The number of piperazine rings is 1. The number of hydrogen-bond acceptors (Lipinski definition) is 5. The van der Waals surface area contributed by atoms with Crippen molar-refractivity contribution in [2.45, 2.75) is 32.8 Å². The Morgan fingerprint density at radius 2 is 1.85 bits per heavy atom. The molecule has 1 aromatic rings. The average molecular weight is 364 g/mol. The zero-order valence-corrected chi connectivity index (χ0v) is 15.7. The molecule has 0 unspecified atom stereocenters. The monoisotopic (exact) mass is 364 g/mol. The van der Waals surface area contributed by atoms with Crippen LogP contribution in [0.3, 0.4) is 0 Å². The summed E-state index contributed by atoms with van der Waals surface area (Å²) in [4.78, 5) is 26.8. The molecule has 1 aliphatic heterocycles. The molecule has 0 spiro atoms. The van der Waals surface area contributed by atoms with Crippen molar-refractivity contribution in [2.24, 2.45) is 0 Å². The smallest absolute Gasteiger partial charge is 0.410 e. The van der Waals surface area contributed by atoms with Crippen LogP contribution < -0.4 is 4.74 Å². The lowest BCUT2D eigenvalue weighted by atomic mass is 10.1. The van der Waals surface area contributed by atoms with Gasteiger partial charge in [0.25, 0.3) is 0 Å². The SMILES string of the molecule is CC(C)(C)OC(=O)N1CCN(CCOc2cccc(CC(=O)O)c2)CC1. The Morgan fingerprint density at radius 1 is 1.15 bits per heavy atom. The zero-order valence-electron chi connectivity index (χ0n) is 15.7. The molecule has 7 nitrogen and oxygen atoms in total. The Labute approximate surface area is 154 Å². The highest BCUT2D eigenvalue weighted by atomic mass is 16.6. The van der Waals surface area contributed by atoms with Gasteiger partial charge in [0.1, 0.15) is 18.0 Å². The maximum absolute atomic E-state index is 12.0. The molecule has 1 saturated heterocycles. The molecule has 1 heterocycles. The zero-order chi connectivity index (χ0) is 19.2. The number of benzene rings is 1. The van der Waals surface area contributed by atoms with Gasteiger partial charge in [0.15, 0.2) is 0 Å². The van der Waals surface area contributed by atoms with Crippen LogP contribution in [0.2, 0.25) is 0 Å². The topological polar surface area (TPSA) is 79.3 Å². The summed E-state index contributed by atoms with van der Waals surface area (Å²) in [5, 5.41) is 8.84. The van der Waals surface area contributed by atoms with Crippen molar-refractivity contribution in [3.05, 3.63) is 29.8 Å². The highest BCUT2D eigenvalue weighted by Crippen LogP contribution is 2.15. The van der Waals surface area contributed by atoms with Crippen molar-refractivity contribution in [3.8, 4) is 5.75 Å². The largest absolute Gasteiger partial charge is 0.492 e. The molecule has 2 rings (SSSR count). The van der Waals surface area contributed by atoms with Crippen LogP contribution in [0.25, 0.3) is 0 Å². The summed E-state index contributed by atoms with van der Waals surface area (Å²) in [6.45, 7) is 9.71. The van der Waals surface area contributed by atoms with Crippen molar-refractivity contribution in [1.29, 1.82) is 0 Å². The fourth-order valence-corrected chi connectivity index (χ4v) is 2.69. The van der Waals surface area contributed by atoms with Gasteiger partial charge in [-0.15, -0.1) is 0 Å². The minimum Gasteiger partial charge on any atom is -0.492 e. The van der Waals surface area contributed by atoms with Crippen LogP contribution in [0, 0.1) is 0 Å². The highest BCUT2D eigenvalue weighted by Gasteiger charge is 2.25. The molecular formula is C19H28N2O5. The number of carboxylic acid groups (broad SMARTS) is 1. The van der Waals surface area contributed by atoms with E-state index in [0.29, 0.717) is 25.4 Å². The normalized spacial score (nSPS) is 15.6. The van der Waals surface area contributed by atoms with Crippen molar-refractivity contribution in [3.63, 3.8) is 0 Å². The fraction of sp³-hybridized carbons (Fsp3) is 0.579. The second kappa shape index (κ2) is 8.89. The van der Waals surface area contributed by atoms with E-state index in [1.165, 1.54) is 0 Å². The lowest BCUT2D eigenvalue weighted by Crippen LogP contribution is -2.50. The molecule has 0 aliphatic carbocycles. The number of nitrogens with zero attached hydrogens (tertiary/aromatic N) is 2. The summed E-state index contributed by atoms with van der Waals surface area (Å²) < 4.78 is 11.1. The van der Waals surface area contributed by atoms with Gasteiger partial charge >= 0.3 is 12.1 Å². The number of rotatable bonds is 6. The predicted molar refractivity (Wildman–Crippen MR) is 97.5 cm³/mol. The van der Waals surface area contributed by atoms with Gasteiger partial charge in [-0.25, -0.2) is 4.79 Å². The molecule has 0 saturated carbocycles. The second-order valence-electron chi connectivity index (χ2n) is 7.38. The Bertz CT molecular complexity index is 619. The summed E-state index contributed by atoms with van der Waals surface area (Å²) in [6, 6.07) is 7.16. The molecule has 1 aliphatic rings. The first kappa shape index (κ1) is 20.0. The van der Waals surface area contributed by atoms with Gasteiger partial charge in [0, 0.05) is 32.7 Å². The molecule has 0 radical (unpaired) electrons. The summed E-state index contributed by atoms with van der Waals surface area (Å²) >= 11 is 0. The number of hydrogen-bond donors (Lipinski definition) is 1. The third-order valence-corrected chi connectivity index (χ3v) is 3.95. The van der Waals surface area contributed by atoms with Crippen LogP contribution >= 0.6 is 0 Å². The van der Waals surface area contributed by atoms with Crippen LogP contribution in [0.4, 0.5) is 4.79 Å². The van der Waals surface area contributed by atoms with Gasteiger partial charge in [0.05, 0.1) is 6.42 Å². The van der Waals surface area contributed by atoms with Gasteiger partial charge in [-0.05, 0) is 38.5 Å². The number of carbonyl (C=O) groups is 2. The Balaban J connectivity index is 1.70. The molecule has 0 bridgehead atoms. The number of amides is 1. The molecule has 1 fully saturated rings. The van der Waals surface area contributed by atoms with Gasteiger partial charge in [-0.1, -0.05) is 12.1 Å². The number of carbonyl (C=O) groups excluding carboxylic acids is 1. The van der Waals surface area contributed by atoms with E-state index < -0.39 is 11.6 Å². The molecule has 1 aromatic carbocycles. The van der Waals surface area contributed by atoms with E-state index >= 15 is 0 Å². The first-order chi connectivity index (χ1) is 12.2. The van der Waals surface area contributed by atoms with E-state index in [1.54, 1.807) is 23.1 Å². The van der Waals surface area contributed by atoms with E-state index in [-0.39, 0.29) is 12.5 Å². The second-order valence-corrected chi connectivity index (χ2v) is 7.38. The lowest BCUT2D eigenvalue weighted by Gasteiger charge is -2.35. The Kier molecular flexibility index (Phi) is 6.85. The third-order valence-electron chi connectivity index (χ3n) is 3.95. The lowest BCUT2D eigenvalue weighted by molar-refractivity contribution is -0.136. The molecular weight excluding hydrogens is 336 g/mol. The van der Waals surface area contributed by atoms with Gasteiger partial charge < -0.3 is 19.5 Å². The van der Waals surface area contributed by atoms with E-state index in [9.17, 15) is 9.59 Å². The van der Waals surface area contributed by atoms with Crippen LogP contribution in [-0.2, 0) is 16.0 Å². The van der Waals surface area contributed by atoms with E-state index in [4.69, 9.17) is 14.6 Å². The Morgan fingerprint density at radius 3 is 2.46 bits per heavy atom. The highest BCUT2D eigenvalue weighted by molar-refractivity contribution is 5.70. The van der Waals surface area contributed by atoms with Crippen LogP contribution in [-0.4, -0.2) is 71.9 Å². The molecule has 26 heavy (non-hydrogen) atoms. The summed E-state index contributed by atoms with van der Waals surface area (Å²) in [6.07, 6.45) is -0.271. The molecule has 1 N–H and O–H groups in total. The van der Waals surface area contributed by atoms with Crippen molar-refractivity contribution < 1.29 is 24.2 Å². The Hall–Kier alpha value is -2.28. The van der Waals surface area contributed by atoms with Gasteiger partial charge in [-0.3, -0.25) is 9.69 Å². The van der Waals surface area contributed by atoms with Gasteiger partial charge in [0.2, 0.25) is 0 Å². The molecule has 144 valence electrons. The summed E-state index contributed by atoms with van der Waals surface area (Å²) in [5.41, 5.74) is 0.248. The van der Waals surface area contributed by atoms with E-state index in [2.05, 4.69) is 4.90 Å². The molecule has 0 atom stereocenters. The van der Waals surface area contributed by atoms with E-state index in [0.717, 1.165) is 25.2 Å². The van der Waals surface area contributed by atoms with Crippen LogP contribution in [0.1, 0.15) is 26.3 Å². The average Bonchev–Trinajstić information content (AvgIpc) is 2.53. The first-order valence-corrected chi connectivity index (χ1v) is 8.87. The molecule has 7 heteroatoms. The number of aliphatic carboxylic acids is 1. The van der Waals surface area contributed by atoms with E-state index in [1.807, 2.05) is 26.8 Å². The van der Waals surface area contributed by atoms with Crippen molar-refractivity contribution >= 4 is 12.1 Å². The minimum atomic E-state index is -0.856. The summed E-state index contributed by atoms with van der Waals surface area (Å²) in [7, 11) is 0. The van der Waals surface area contributed by atoms with Crippen LogP contribution in [0.5, 0.6) is 5.75 Å². The van der Waals surface area contributed by atoms with Crippen molar-refractivity contribution in [1.82, 2.24) is 9.80 Å². The predicted octanol–water partition coefficient (Wildman–Crippen LogP) is 2.25. The fourth-order valence-electron chi connectivity index (χ4n) is 2.69.